The Hall–Kier alpha value is -1.40. The number of nitrogens with one attached hydrogen (secondary N) is 1. The normalized spacial score (nSPS) is 17.6. The van der Waals surface area contributed by atoms with Crippen LogP contribution < -0.4 is 4.72 Å². The lowest BCUT2D eigenvalue weighted by Crippen LogP contribution is -2.35. The molecule has 1 fully saturated rings. The van der Waals surface area contributed by atoms with Crippen molar-refractivity contribution in [2.75, 3.05) is 0 Å². The van der Waals surface area contributed by atoms with Gasteiger partial charge in [0.15, 0.2) is 0 Å². The van der Waals surface area contributed by atoms with Gasteiger partial charge < -0.3 is 5.11 Å². The smallest absolute Gasteiger partial charge is 0.326 e. The molecule has 0 bridgehead atoms. The fourth-order valence-corrected chi connectivity index (χ4v) is 3.06. The molecule has 0 aromatic heterocycles. The number of rotatable bonds is 5. The summed E-state index contributed by atoms with van der Waals surface area (Å²) in [4.78, 5) is 11.1. The Morgan fingerprint density at radius 3 is 2.35 bits per heavy atom. The molecular formula is C11H13NO4S. The van der Waals surface area contributed by atoms with E-state index in [9.17, 15) is 13.2 Å². The molecule has 92 valence electrons. The molecule has 1 saturated carbocycles. The molecule has 1 aliphatic carbocycles. The lowest BCUT2D eigenvalue weighted by Gasteiger charge is -2.14. The summed E-state index contributed by atoms with van der Waals surface area (Å²) in [5.74, 6) is -1.19. The van der Waals surface area contributed by atoms with Crippen molar-refractivity contribution in [1.29, 1.82) is 0 Å². The first-order valence-electron chi connectivity index (χ1n) is 5.29. The minimum Gasteiger partial charge on any atom is -0.480 e. The van der Waals surface area contributed by atoms with Crippen LogP contribution in [0.4, 0.5) is 0 Å². The molecule has 5 nitrogen and oxygen atoms in total. The third kappa shape index (κ3) is 2.83. The van der Waals surface area contributed by atoms with Crippen LogP contribution >= 0.6 is 0 Å². The van der Waals surface area contributed by atoms with E-state index in [0.29, 0.717) is 18.4 Å². The quantitative estimate of drug-likeness (QED) is 0.818. The van der Waals surface area contributed by atoms with Crippen molar-refractivity contribution < 1.29 is 18.3 Å². The summed E-state index contributed by atoms with van der Waals surface area (Å²) in [5.41, 5.74) is 0.434. The first-order chi connectivity index (χ1) is 8.00. The summed E-state index contributed by atoms with van der Waals surface area (Å²) in [5, 5.41) is 8.64. The van der Waals surface area contributed by atoms with E-state index in [1.807, 2.05) is 0 Å². The number of aliphatic carboxylic acids is 1. The fourth-order valence-electron chi connectivity index (χ4n) is 1.55. The molecular weight excluding hydrogens is 242 g/mol. The van der Waals surface area contributed by atoms with Gasteiger partial charge in [0.25, 0.3) is 0 Å². The molecule has 2 N–H and O–H groups in total. The highest BCUT2D eigenvalue weighted by atomic mass is 32.2. The number of hydrogen-bond acceptors (Lipinski definition) is 3. The van der Waals surface area contributed by atoms with Gasteiger partial charge >= 0.3 is 5.97 Å². The van der Waals surface area contributed by atoms with E-state index in [0.717, 1.165) is 0 Å². The molecule has 1 atom stereocenters. The van der Waals surface area contributed by atoms with Gasteiger partial charge in [-0.3, -0.25) is 4.79 Å². The highest BCUT2D eigenvalue weighted by Crippen LogP contribution is 2.29. The van der Waals surface area contributed by atoms with E-state index < -0.39 is 27.3 Å². The van der Waals surface area contributed by atoms with Crippen LogP contribution in [0.1, 0.15) is 24.4 Å². The van der Waals surface area contributed by atoms with E-state index >= 15 is 0 Å². The molecule has 0 saturated heterocycles. The minimum atomic E-state index is -3.51. The summed E-state index contributed by atoms with van der Waals surface area (Å²) in [6.45, 7) is 0. The Morgan fingerprint density at radius 2 is 1.88 bits per heavy atom. The maximum Gasteiger partial charge on any atom is 0.326 e. The monoisotopic (exact) mass is 255 g/mol. The third-order valence-electron chi connectivity index (χ3n) is 2.63. The lowest BCUT2D eigenvalue weighted by molar-refractivity contribution is -0.139. The second kappa shape index (κ2) is 4.46. The van der Waals surface area contributed by atoms with Crippen LogP contribution in [-0.2, 0) is 14.8 Å². The van der Waals surface area contributed by atoms with Gasteiger partial charge in [0.1, 0.15) is 6.04 Å². The summed E-state index contributed by atoms with van der Waals surface area (Å²) < 4.78 is 25.7. The fraction of sp³-hybridized carbons (Fsp3) is 0.364. The lowest BCUT2D eigenvalue weighted by atomic mass is 10.1. The van der Waals surface area contributed by atoms with Gasteiger partial charge in [-0.2, -0.15) is 4.72 Å². The first kappa shape index (κ1) is 12.1. The molecule has 0 spiro atoms. The van der Waals surface area contributed by atoms with Gasteiger partial charge in [0.05, 0.1) is 5.25 Å². The van der Waals surface area contributed by atoms with Gasteiger partial charge in [-0.1, -0.05) is 30.3 Å². The third-order valence-corrected chi connectivity index (χ3v) is 4.54. The standard InChI is InChI=1S/C11H13NO4S/c13-11(14)10(8-4-2-1-3-5-8)12-17(15,16)9-6-7-9/h1-5,9-10,12H,6-7H2,(H,13,14)/t10-/m0/s1. The summed E-state index contributed by atoms with van der Waals surface area (Å²) in [6, 6.07) is 7.08. The highest BCUT2D eigenvalue weighted by Gasteiger charge is 2.38. The molecule has 1 aliphatic rings. The number of carbonyl (C=O) groups is 1. The van der Waals surface area contributed by atoms with E-state index in [1.165, 1.54) is 0 Å². The van der Waals surface area contributed by atoms with Crippen LogP contribution in [0, 0.1) is 0 Å². The molecule has 6 heteroatoms. The van der Waals surface area contributed by atoms with Gasteiger partial charge in [0, 0.05) is 0 Å². The summed E-state index contributed by atoms with van der Waals surface area (Å²) in [7, 11) is -3.51. The minimum absolute atomic E-state index is 0.423. The van der Waals surface area contributed by atoms with Crippen molar-refractivity contribution in [3.8, 4) is 0 Å². The van der Waals surface area contributed by atoms with Crippen molar-refractivity contribution in [1.82, 2.24) is 4.72 Å². The molecule has 1 aromatic rings. The zero-order valence-corrected chi connectivity index (χ0v) is 9.85. The van der Waals surface area contributed by atoms with Crippen LogP contribution in [0.3, 0.4) is 0 Å². The van der Waals surface area contributed by atoms with Crippen molar-refractivity contribution in [2.45, 2.75) is 24.1 Å². The van der Waals surface area contributed by atoms with Crippen LogP contribution in [0.25, 0.3) is 0 Å². The van der Waals surface area contributed by atoms with Crippen molar-refractivity contribution in [3.63, 3.8) is 0 Å². The number of sulfonamides is 1. The molecule has 0 unspecified atom stereocenters. The van der Waals surface area contributed by atoms with E-state index in [-0.39, 0.29) is 0 Å². The van der Waals surface area contributed by atoms with Gasteiger partial charge in [-0.15, -0.1) is 0 Å². The molecule has 2 rings (SSSR count). The number of carboxylic acid groups (broad SMARTS) is 1. The van der Waals surface area contributed by atoms with E-state index in [2.05, 4.69) is 4.72 Å². The Morgan fingerprint density at radius 1 is 1.29 bits per heavy atom. The SMILES string of the molecule is O=C(O)[C@@H](NS(=O)(=O)C1CC1)c1ccccc1. The maximum atomic E-state index is 11.7. The Bertz CT molecular complexity index is 508. The average molecular weight is 255 g/mol. The molecule has 0 amide bonds. The Kier molecular flexibility index (Phi) is 3.17. The van der Waals surface area contributed by atoms with E-state index in [1.54, 1.807) is 30.3 Å². The largest absolute Gasteiger partial charge is 0.480 e. The topological polar surface area (TPSA) is 83.5 Å². The number of benzene rings is 1. The van der Waals surface area contributed by atoms with Crippen LogP contribution in [0.5, 0.6) is 0 Å². The van der Waals surface area contributed by atoms with Gasteiger partial charge in [-0.05, 0) is 18.4 Å². The molecule has 1 aromatic carbocycles. The van der Waals surface area contributed by atoms with E-state index in [4.69, 9.17) is 5.11 Å². The number of hydrogen-bond donors (Lipinski definition) is 2. The van der Waals surface area contributed by atoms with Crippen LogP contribution in [0.2, 0.25) is 0 Å². The van der Waals surface area contributed by atoms with Crippen molar-refractivity contribution in [2.24, 2.45) is 0 Å². The van der Waals surface area contributed by atoms with Crippen LogP contribution in [0.15, 0.2) is 30.3 Å². The van der Waals surface area contributed by atoms with Crippen molar-refractivity contribution in [3.05, 3.63) is 35.9 Å². The van der Waals surface area contributed by atoms with Gasteiger partial charge in [-0.25, -0.2) is 8.42 Å². The second-order valence-electron chi connectivity index (χ2n) is 4.04. The molecule has 17 heavy (non-hydrogen) atoms. The zero-order chi connectivity index (χ0) is 12.5. The van der Waals surface area contributed by atoms with Crippen LogP contribution in [-0.4, -0.2) is 24.7 Å². The average Bonchev–Trinajstić information content (AvgIpc) is 3.11. The van der Waals surface area contributed by atoms with Gasteiger partial charge in [0.2, 0.25) is 10.0 Å². The summed E-state index contributed by atoms with van der Waals surface area (Å²) >= 11 is 0. The maximum absolute atomic E-state index is 11.7. The second-order valence-corrected chi connectivity index (χ2v) is 6.04. The predicted molar refractivity (Wildman–Crippen MR) is 61.9 cm³/mol. The zero-order valence-electron chi connectivity index (χ0n) is 9.04. The Labute approximate surface area is 99.5 Å². The predicted octanol–water partition coefficient (Wildman–Crippen LogP) is 0.894. The highest BCUT2D eigenvalue weighted by molar-refractivity contribution is 7.90. The Balaban J connectivity index is 2.22. The summed E-state index contributed by atoms with van der Waals surface area (Å²) in [6.07, 6.45) is 1.22. The molecule has 0 aliphatic heterocycles. The first-order valence-corrected chi connectivity index (χ1v) is 6.84. The van der Waals surface area contributed by atoms with Crippen molar-refractivity contribution >= 4 is 16.0 Å². The number of carboxylic acids is 1. The molecule has 0 radical (unpaired) electrons. The molecule has 0 heterocycles.